The quantitative estimate of drug-likeness (QED) is 0.661. The lowest BCUT2D eigenvalue weighted by Crippen LogP contribution is -2.11. The molecule has 0 heterocycles. The molecule has 0 aromatic heterocycles. The molecule has 128 valence electrons. The van der Waals surface area contributed by atoms with E-state index < -0.39 is 0 Å². The third-order valence-electron chi connectivity index (χ3n) is 4.54. The van der Waals surface area contributed by atoms with Crippen molar-refractivity contribution in [3.05, 3.63) is 64.7 Å². The first-order valence-corrected chi connectivity index (χ1v) is 8.73. The molecule has 0 amide bonds. The maximum atomic E-state index is 12.8. The SMILES string of the molecule is CC(C)c1cccc(C(C)C)c1CC(=O)c1ccc(N(C)C)cc1. The minimum absolute atomic E-state index is 0.190. The first-order chi connectivity index (χ1) is 11.3. The molecule has 0 atom stereocenters. The molecule has 24 heavy (non-hydrogen) atoms. The Morgan fingerprint density at radius 3 is 1.79 bits per heavy atom. The topological polar surface area (TPSA) is 20.3 Å². The van der Waals surface area contributed by atoms with Gasteiger partial charge in [-0.3, -0.25) is 4.79 Å². The molecule has 0 aliphatic carbocycles. The van der Waals surface area contributed by atoms with Crippen LogP contribution in [-0.4, -0.2) is 19.9 Å². The Kier molecular flexibility index (Phi) is 5.82. The van der Waals surface area contributed by atoms with Crippen molar-refractivity contribution in [2.45, 2.75) is 46.0 Å². The van der Waals surface area contributed by atoms with E-state index in [4.69, 9.17) is 0 Å². The summed E-state index contributed by atoms with van der Waals surface area (Å²) in [6, 6.07) is 14.3. The summed E-state index contributed by atoms with van der Waals surface area (Å²) in [6.45, 7) is 8.77. The standard InChI is InChI=1S/C22H29NO/c1-15(2)19-8-7-9-20(16(3)4)21(19)14-22(24)17-10-12-18(13-11-17)23(5)6/h7-13,15-16H,14H2,1-6H3. The summed E-state index contributed by atoms with van der Waals surface area (Å²) >= 11 is 0. The molecule has 0 fully saturated rings. The normalized spacial score (nSPS) is 11.2. The van der Waals surface area contributed by atoms with Crippen molar-refractivity contribution in [3.8, 4) is 0 Å². The average Bonchev–Trinajstić information content (AvgIpc) is 2.54. The molecule has 0 radical (unpaired) electrons. The summed E-state index contributed by atoms with van der Waals surface area (Å²) < 4.78 is 0. The predicted octanol–water partition coefficient (Wildman–Crippen LogP) is 5.42. The van der Waals surface area contributed by atoms with Crippen LogP contribution in [0.25, 0.3) is 0 Å². The van der Waals surface area contributed by atoms with Crippen LogP contribution in [0, 0.1) is 0 Å². The van der Waals surface area contributed by atoms with Gasteiger partial charge in [0.2, 0.25) is 0 Å². The lowest BCUT2D eigenvalue weighted by molar-refractivity contribution is 0.0992. The van der Waals surface area contributed by atoms with E-state index in [9.17, 15) is 4.79 Å². The van der Waals surface area contributed by atoms with Gasteiger partial charge in [-0.1, -0.05) is 45.9 Å². The second-order valence-electron chi connectivity index (χ2n) is 7.27. The van der Waals surface area contributed by atoms with Crippen LogP contribution in [0.4, 0.5) is 5.69 Å². The zero-order chi connectivity index (χ0) is 17.9. The van der Waals surface area contributed by atoms with Gasteiger partial charge in [-0.15, -0.1) is 0 Å². The third-order valence-corrected chi connectivity index (χ3v) is 4.54. The van der Waals surface area contributed by atoms with Crippen LogP contribution in [0.3, 0.4) is 0 Å². The minimum Gasteiger partial charge on any atom is -0.378 e. The fourth-order valence-corrected chi connectivity index (χ4v) is 3.12. The third kappa shape index (κ3) is 4.05. The van der Waals surface area contributed by atoms with Crippen molar-refractivity contribution in [2.24, 2.45) is 0 Å². The minimum atomic E-state index is 0.190. The highest BCUT2D eigenvalue weighted by Gasteiger charge is 2.17. The lowest BCUT2D eigenvalue weighted by Gasteiger charge is -2.19. The fourth-order valence-electron chi connectivity index (χ4n) is 3.12. The Balaban J connectivity index is 2.34. The van der Waals surface area contributed by atoms with Crippen LogP contribution in [-0.2, 0) is 6.42 Å². The van der Waals surface area contributed by atoms with Crippen molar-refractivity contribution in [1.29, 1.82) is 0 Å². The predicted molar refractivity (Wildman–Crippen MR) is 103 cm³/mol. The van der Waals surface area contributed by atoms with Crippen LogP contribution >= 0.6 is 0 Å². The number of hydrogen-bond acceptors (Lipinski definition) is 2. The largest absolute Gasteiger partial charge is 0.378 e. The molecule has 0 N–H and O–H groups in total. The maximum absolute atomic E-state index is 12.8. The van der Waals surface area contributed by atoms with Gasteiger partial charge in [0.05, 0.1) is 0 Å². The number of hydrogen-bond donors (Lipinski definition) is 0. The van der Waals surface area contributed by atoms with Gasteiger partial charge in [-0.25, -0.2) is 0 Å². The molecular weight excluding hydrogens is 294 g/mol. The Hall–Kier alpha value is -2.09. The number of rotatable bonds is 6. The molecule has 2 nitrogen and oxygen atoms in total. The highest BCUT2D eigenvalue weighted by Crippen LogP contribution is 2.29. The Morgan fingerprint density at radius 2 is 1.38 bits per heavy atom. The van der Waals surface area contributed by atoms with Crippen LogP contribution in [0.15, 0.2) is 42.5 Å². The zero-order valence-corrected chi connectivity index (χ0v) is 15.8. The first kappa shape index (κ1) is 18.3. The Bertz CT molecular complexity index is 670. The Labute approximate surface area is 146 Å². The van der Waals surface area contributed by atoms with E-state index in [1.807, 2.05) is 43.3 Å². The summed E-state index contributed by atoms with van der Waals surface area (Å²) in [7, 11) is 4.01. The smallest absolute Gasteiger partial charge is 0.167 e. The molecule has 0 aliphatic rings. The lowest BCUT2D eigenvalue weighted by atomic mass is 9.85. The van der Waals surface area contributed by atoms with Crippen molar-refractivity contribution < 1.29 is 4.79 Å². The van der Waals surface area contributed by atoms with E-state index in [0.717, 1.165) is 11.3 Å². The average molecular weight is 323 g/mol. The van der Waals surface area contributed by atoms with E-state index in [2.05, 4.69) is 45.9 Å². The molecule has 2 heteroatoms. The van der Waals surface area contributed by atoms with Crippen molar-refractivity contribution in [2.75, 3.05) is 19.0 Å². The number of carbonyl (C=O) groups is 1. The number of benzene rings is 2. The van der Waals surface area contributed by atoms with Crippen molar-refractivity contribution in [3.63, 3.8) is 0 Å². The van der Waals surface area contributed by atoms with Crippen LogP contribution < -0.4 is 4.90 Å². The first-order valence-electron chi connectivity index (χ1n) is 8.73. The number of anilines is 1. The summed E-state index contributed by atoms with van der Waals surface area (Å²) in [5, 5.41) is 0. The second kappa shape index (κ2) is 7.65. The highest BCUT2D eigenvalue weighted by molar-refractivity contribution is 5.98. The monoisotopic (exact) mass is 323 g/mol. The van der Waals surface area contributed by atoms with Crippen LogP contribution in [0.2, 0.25) is 0 Å². The van der Waals surface area contributed by atoms with E-state index in [1.54, 1.807) is 0 Å². The van der Waals surface area contributed by atoms with E-state index in [0.29, 0.717) is 18.3 Å². The molecular formula is C22H29NO. The van der Waals surface area contributed by atoms with Gasteiger partial charge in [-0.2, -0.15) is 0 Å². The molecule has 0 saturated carbocycles. The highest BCUT2D eigenvalue weighted by atomic mass is 16.1. The number of Topliss-reactive ketones (excluding diaryl/α,β-unsaturated/α-hetero) is 1. The number of carbonyl (C=O) groups excluding carboxylic acids is 1. The summed E-state index contributed by atoms with van der Waals surface area (Å²) in [5.41, 5.74) is 5.69. The van der Waals surface area contributed by atoms with Crippen molar-refractivity contribution in [1.82, 2.24) is 0 Å². The second-order valence-corrected chi connectivity index (χ2v) is 7.27. The van der Waals surface area contributed by atoms with Gasteiger partial charge in [0.15, 0.2) is 5.78 Å². The zero-order valence-electron chi connectivity index (χ0n) is 15.8. The molecule has 2 rings (SSSR count). The van der Waals surface area contributed by atoms with E-state index >= 15 is 0 Å². The Morgan fingerprint density at radius 1 is 0.875 bits per heavy atom. The molecule has 0 saturated heterocycles. The number of ketones is 1. The van der Waals surface area contributed by atoms with Gasteiger partial charge < -0.3 is 4.90 Å². The molecule has 0 spiro atoms. The maximum Gasteiger partial charge on any atom is 0.167 e. The summed E-state index contributed by atoms with van der Waals surface area (Å²) in [4.78, 5) is 14.9. The molecule has 2 aromatic carbocycles. The van der Waals surface area contributed by atoms with Gasteiger partial charge in [0, 0.05) is 31.8 Å². The van der Waals surface area contributed by atoms with E-state index in [1.165, 1.54) is 16.7 Å². The number of nitrogens with zero attached hydrogens (tertiary/aromatic N) is 1. The molecule has 0 aliphatic heterocycles. The summed E-state index contributed by atoms with van der Waals surface area (Å²) in [6.07, 6.45) is 0.475. The molecule has 0 unspecified atom stereocenters. The van der Waals surface area contributed by atoms with Crippen LogP contribution in [0.1, 0.15) is 66.6 Å². The van der Waals surface area contributed by atoms with Gasteiger partial charge in [0.1, 0.15) is 0 Å². The van der Waals surface area contributed by atoms with Gasteiger partial charge >= 0.3 is 0 Å². The molecule has 2 aromatic rings. The van der Waals surface area contributed by atoms with E-state index in [-0.39, 0.29) is 5.78 Å². The fraction of sp³-hybridized carbons (Fsp3) is 0.409. The van der Waals surface area contributed by atoms with Gasteiger partial charge in [0.25, 0.3) is 0 Å². The van der Waals surface area contributed by atoms with Gasteiger partial charge in [-0.05, 0) is 52.8 Å². The van der Waals surface area contributed by atoms with Crippen molar-refractivity contribution >= 4 is 11.5 Å². The van der Waals surface area contributed by atoms with Crippen LogP contribution in [0.5, 0.6) is 0 Å². The summed E-state index contributed by atoms with van der Waals surface area (Å²) in [5.74, 6) is 1.03. The molecule has 0 bridgehead atoms.